The lowest BCUT2D eigenvalue weighted by Gasteiger charge is -2.28. The second-order valence-electron chi connectivity index (χ2n) is 3.64. The van der Waals surface area contributed by atoms with Gasteiger partial charge in [0, 0.05) is 0 Å². The van der Waals surface area contributed by atoms with Crippen LogP contribution in [0.4, 0.5) is 0 Å². The fourth-order valence-corrected chi connectivity index (χ4v) is 1.95. The van der Waals surface area contributed by atoms with E-state index >= 15 is 0 Å². The third kappa shape index (κ3) is 3.96. The molecule has 0 saturated carbocycles. The normalized spacial score (nSPS) is 10.8. The highest BCUT2D eigenvalue weighted by molar-refractivity contribution is 7.80. The SMILES string of the molecule is CCOC(=O)CNC(=O)C(CC)(CC)C(N)=S. The Kier molecular flexibility index (Phi) is 6.72. The van der Waals surface area contributed by atoms with Gasteiger partial charge in [-0.3, -0.25) is 9.59 Å². The highest BCUT2D eigenvalue weighted by Gasteiger charge is 2.38. The summed E-state index contributed by atoms with van der Waals surface area (Å²) in [6.07, 6.45) is 1.01. The summed E-state index contributed by atoms with van der Waals surface area (Å²) in [7, 11) is 0. The molecule has 0 saturated heterocycles. The largest absolute Gasteiger partial charge is 0.465 e. The van der Waals surface area contributed by atoms with Crippen molar-refractivity contribution in [3.05, 3.63) is 0 Å². The number of carbonyl (C=O) groups excluding carboxylic acids is 2. The molecule has 0 heterocycles. The number of thiocarbonyl (C=S) groups is 1. The Labute approximate surface area is 107 Å². The van der Waals surface area contributed by atoms with Crippen LogP contribution in [0.5, 0.6) is 0 Å². The number of esters is 1. The van der Waals surface area contributed by atoms with E-state index in [-0.39, 0.29) is 24.0 Å². The van der Waals surface area contributed by atoms with E-state index in [1.807, 2.05) is 13.8 Å². The predicted octanol–water partition coefficient (Wildman–Crippen LogP) is 0.758. The second kappa shape index (κ2) is 7.21. The van der Waals surface area contributed by atoms with Crippen molar-refractivity contribution in [2.45, 2.75) is 33.6 Å². The number of ether oxygens (including phenoxy) is 1. The second-order valence-corrected chi connectivity index (χ2v) is 4.08. The van der Waals surface area contributed by atoms with Gasteiger partial charge in [-0.1, -0.05) is 26.1 Å². The van der Waals surface area contributed by atoms with Gasteiger partial charge >= 0.3 is 5.97 Å². The summed E-state index contributed by atoms with van der Waals surface area (Å²) < 4.78 is 4.71. The van der Waals surface area contributed by atoms with Gasteiger partial charge in [-0.05, 0) is 19.8 Å². The third-order valence-corrected chi connectivity index (χ3v) is 3.20. The van der Waals surface area contributed by atoms with Crippen molar-refractivity contribution >= 4 is 29.1 Å². The molecular weight excluding hydrogens is 240 g/mol. The molecule has 0 aromatic rings. The van der Waals surface area contributed by atoms with Gasteiger partial charge in [0.15, 0.2) is 0 Å². The van der Waals surface area contributed by atoms with Crippen molar-refractivity contribution < 1.29 is 14.3 Å². The van der Waals surface area contributed by atoms with Crippen LogP contribution in [0.15, 0.2) is 0 Å². The minimum Gasteiger partial charge on any atom is -0.465 e. The van der Waals surface area contributed by atoms with Crippen molar-refractivity contribution in [1.29, 1.82) is 0 Å². The van der Waals surface area contributed by atoms with Crippen molar-refractivity contribution in [1.82, 2.24) is 5.32 Å². The van der Waals surface area contributed by atoms with Crippen LogP contribution >= 0.6 is 12.2 Å². The Hall–Kier alpha value is -1.17. The van der Waals surface area contributed by atoms with Crippen molar-refractivity contribution in [3.63, 3.8) is 0 Å². The van der Waals surface area contributed by atoms with E-state index in [9.17, 15) is 9.59 Å². The minimum atomic E-state index is -0.873. The Morgan fingerprint density at radius 1 is 1.29 bits per heavy atom. The first-order chi connectivity index (χ1) is 7.94. The molecule has 3 N–H and O–H groups in total. The lowest BCUT2D eigenvalue weighted by Crippen LogP contribution is -2.49. The molecule has 0 rings (SSSR count). The van der Waals surface area contributed by atoms with E-state index in [1.54, 1.807) is 6.92 Å². The van der Waals surface area contributed by atoms with Crippen LogP contribution < -0.4 is 11.1 Å². The predicted molar refractivity (Wildman–Crippen MR) is 69.4 cm³/mol. The van der Waals surface area contributed by atoms with Crippen LogP contribution in [-0.2, 0) is 14.3 Å². The van der Waals surface area contributed by atoms with Gasteiger partial charge in [0.25, 0.3) is 0 Å². The summed E-state index contributed by atoms with van der Waals surface area (Å²) >= 11 is 4.94. The van der Waals surface area contributed by atoms with E-state index in [4.69, 9.17) is 22.7 Å². The molecule has 0 atom stereocenters. The lowest BCUT2D eigenvalue weighted by molar-refractivity contribution is -0.144. The molecule has 98 valence electrons. The summed E-state index contributed by atoms with van der Waals surface area (Å²) in [6, 6.07) is 0. The number of hydrogen-bond acceptors (Lipinski definition) is 4. The zero-order valence-corrected chi connectivity index (χ0v) is 11.4. The number of rotatable bonds is 7. The van der Waals surface area contributed by atoms with Crippen LogP contribution in [0.1, 0.15) is 33.6 Å². The van der Waals surface area contributed by atoms with Gasteiger partial charge in [0.2, 0.25) is 5.91 Å². The molecule has 0 aromatic heterocycles. The first kappa shape index (κ1) is 15.8. The highest BCUT2D eigenvalue weighted by Crippen LogP contribution is 2.26. The first-order valence-corrected chi connectivity index (χ1v) is 6.09. The summed E-state index contributed by atoms with van der Waals surface area (Å²) in [5, 5.41) is 2.51. The van der Waals surface area contributed by atoms with Gasteiger partial charge in [-0.15, -0.1) is 0 Å². The maximum Gasteiger partial charge on any atom is 0.325 e. The molecule has 0 aliphatic heterocycles. The van der Waals surface area contributed by atoms with Gasteiger partial charge in [0.1, 0.15) is 6.54 Å². The first-order valence-electron chi connectivity index (χ1n) is 5.68. The fraction of sp³-hybridized carbons (Fsp3) is 0.727. The van der Waals surface area contributed by atoms with Crippen LogP contribution in [0.25, 0.3) is 0 Å². The molecule has 0 aliphatic carbocycles. The molecule has 17 heavy (non-hydrogen) atoms. The maximum atomic E-state index is 12.0. The molecule has 0 fully saturated rings. The number of nitrogens with two attached hydrogens (primary N) is 1. The van der Waals surface area contributed by atoms with Crippen LogP contribution in [0.2, 0.25) is 0 Å². The highest BCUT2D eigenvalue weighted by atomic mass is 32.1. The van der Waals surface area contributed by atoms with E-state index in [0.717, 1.165) is 0 Å². The molecule has 0 aliphatic rings. The van der Waals surface area contributed by atoms with E-state index in [2.05, 4.69) is 5.32 Å². The van der Waals surface area contributed by atoms with Crippen LogP contribution in [0.3, 0.4) is 0 Å². The standard InChI is InChI=1S/C11H20N2O3S/c1-4-11(5-2,9(12)17)10(15)13-7-8(14)16-6-3/h4-7H2,1-3H3,(H2,12,17)(H,13,15). The number of hydrogen-bond donors (Lipinski definition) is 2. The monoisotopic (exact) mass is 260 g/mol. The molecule has 0 aromatic carbocycles. The Bertz CT molecular complexity index is 301. The smallest absolute Gasteiger partial charge is 0.325 e. The average Bonchev–Trinajstić information content (AvgIpc) is 2.28. The maximum absolute atomic E-state index is 12.0. The number of amides is 1. The average molecular weight is 260 g/mol. The van der Waals surface area contributed by atoms with Crippen molar-refractivity contribution in [2.24, 2.45) is 11.1 Å². The number of carbonyl (C=O) groups is 2. The Morgan fingerprint density at radius 3 is 2.18 bits per heavy atom. The summed E-state index contributed by atoms with van der Waals surface area (Å²) in [5.74, 6) is -0.784. The summed E-state index contributed by atoms with van der Waals surface area (Å²) in [6.45, 7) is 5.52. The van der Waals surface area contributed by atoms with Crippen molar-refractivity contribution in [2.75, 3.05) is 13.2 Å². The third-order valence-electron chi connectivity index (χ3n) is 2.81. The van der Waals surface area contributed by atoms with E-state index < -0.39 is 11.4 Å². The summed E-state index contributed by atoms with van der Waals surface area (Å²) in [4.78, 5) is 23.3. The number of nitrogens with one attached hydrogen (secondary N) is 1. The summed E-state index contributed by atoms with van der Waals surface area (Å²) in [5.41, 5.74) is 4.74. The Balaban J connectivity index is 4.55. The molecule has 0 bridgehead atoms. The zero-order chi connectivity index (χ0) is 13.5. The fourth-order valence-electron chi connectivity index (χ4n) is 1.57. The molecule has 1 amide bonds. The van der Waals surface area contributed by atoms with Gasteiger partial charge in [-0.2, -0.15) is 0 Å². The Morgan fingerprint density at radius 2 is 1.82 bits per heavy atom. The zero-order valence-electron chi connectivity index (χ0n) is 10.5. The lowest BCUT2D eigenvalue weighted by atomic mass is 9.81. The molecule has 6 heteroatoms. The topological polar surface area (TPSA) is 81.4 Å². The molecule has 0 spiro atoms. The van der Waals surface area contributed by atoms with Gasteiger partial charge in [-0.25, -0.2) is 0 Å². The molecular formula is C11H20N2O3S. The van der Waals surface area contributed by atoms with Crippen LogP contribution in [-0.4, -0.2) is 30.0 Å². The van der Waals surface area contributed by atoms with E-state index in [1.165, 1.54) is 0 Å². The minimum absolute atomic E-state index is 0.156. The molecule has 0 unspecified atom stereocenters. The van der Waals surface area contributed by atoms with Crippen molar-refractivity contribution in [3.8, 4) is 0 Å². The molecule has 5 nitrogen and oxygen atoms in total. The van der Waals surface area contributed by atoms with Crippen LogP contribution in [0, 0.1) is 5.41 Å². The van der Waals surface area contributed by atoms with E-state index in [0.29, 0.717) is 12.8 Å². The van der Waals surface area contributed by atoms with Gasteiger partial charge < -0.3 is 15.8 Å². The van der Waals surface area contributed by atoms with Gasteiger partial charge in [0.05, 0.1) is 17.0 Å². The quantitative estimate of drug-likeness (QED) is 0.521. The molecule has 0 radical (unpaired) electrons.